The van der Waals surface area contributed by atoms with Crippen LogP contribution in [0.5, 0.6) is 0 Å². The van der Waals surface area contributed by atoms with Crippen molar-refractivity contribution in [3.8, 4) is 0 Å². The summed E-state index contributed by atoms with van der Waals surface area (Å²) in [6.45, 7) is 4.42. The predicted octanol–water partition coefficient (Wildman–Crippen LogP) is 1.41. The molecule has 1 saturated heterocycles. The minimum absolute atomic E-state index is 0.233. The van der Waals surface area contributed by atoms with Gasteiger partial charge in [-0.05, 0) is 31.4 Å². The summed E-state index contributed by atoms with van der Waals surface area (Å²) in [5.41, 5.74) is 0. The van der Waals surface area contributed by atoms with Crippen molar-refractivity contribution in [2.45, 2.75) is 38.3 Å². The van der Waals surface area contributed by atoms with Gasteiger partial charge in [0.25, 0.3) is 0 Å². The number of hydrogen-bond acceptors (Lipinski definition) is 4. The quantitative estimate of drug-likeness (QED) is 0.828. The highest BCUT2D eigenvalue weighted by Gasteiger charge is 2.21. The minimum atomic E-state index is 0.233. The van der Waals surface area contributed by atoms with Crippen LogP contribution < -0.4 is 10.2 Å². The molecule has 4 nitrogen and oxygen atoms in total. The second kappa shape index (κ2) is 6.71. The van der Waals surface area contributed by atoms with E-state index >= 15 is 0 Å². The van der Waals surface area contributed by atoms with Crippen LogP contribution in [0.15, 0.2) is 24.4 Å². The maximum Gasteiger partial charge on any atom is 0.128 e. The molecule has 0 amide bonds. The van der Waals surface area contributed by atoms with Gasteiger partial charge < -0.3 is 15.3 Å². The molecule has 18 heavy (non-hydrogen) atoms. The number of aromatic nitrogens is 1. The van der Waals surface area contributed by atoms with Crippen LogP contribution in [0.2, 0.25) is 0 Å². The average Bonchev–Trinajstić information content (AvgIpc) is 2.46. The number of aliphatic hydroxyl groups excluding tert-OH is 1. The van der Waals surface area contributed by atoms with Crippen LogP contribution in [-0.2, 0) is 0 Å². The summed E-state index contributed by atoms with van der Waals surface area (Å²) >= 11 is 0. The van der Waals surface area contributed by atoms with Gasteiger partial charge in [0.2, 0.25) is 0 Å². The molecule has 1 aliphatic heterocycles. The van der Waals surface area contributed by atoms with Crippen molar-refractivity contribution in [2.24, 2.45) is 0 Å². The second-order valence-electron chi connectivity index (χ2n) is 4.90. The van der Waals surface area contributed by atoms with E-state index in [2.05, 4.69) is 28.2 Å². The third-order valence-corrected chi connectivity index (χ3v) is 3.65. The molecule has 2 heterocycles. The first kappa shape index (κ1) is 13.3. The Hall–Kier alpha value is -1.13. The highest BCUT2D eigenvalue weighted by molar-refractivity contribution is 5.38. The van der Waals surface area contributed by atoms with Crippen molar-refractivity contribution in [3.63, 3.8) is 0 Å². The first-order valence-electron chi connectivity index (χ1n) is 6.86. The molecule has 4 heteroatoms. The zero-order valence-corrected chi connectivity index (χ0v) is 11.0. The number of anilines is 1. The Morgan fingerprint density at radius 1 is 1.44 bits per heavy atom. The summed E-state index contributed by atoms with van der Waals surface area (Å²) in [6, 6.07) is 6.82. The summed E-state index contributed by atoms with van der Waals surface area (Å²) < 4.78 is 0. The van der Waals surface area contributed by atoms with Crippen molar-refractivity contribution in [1.82, 2.24) is 10.3 Å². The Balaban J connectivity index is 1.81. The highest BCUT2D eigenvalue weighted by atomic mass is 16.3. The Kier molecular flexibility index (Phi) is 4.96. The molecule has 0 bridgehead atoms. The topological polar surface area (TPSA) is 48.4 Å². The summed E-state index contributed by atoms with van der Waals surface area (Å²) in [5.74, 6) is 1.07. The van der Waals surface area contributed by atoms with Crippen molar-refractivity contribution >= 4 is 5.82 Å². The average molecular weight is 249 g/mol. The largest absolute Gasteiger partial charge is 0.395 e. The molecule has 1 aliphatic rings. The van der Waals surface area contributed by atoms with Crippen molar-refractivity contribution in [3.05, 3.63) is 24.4 Å². The van der Waals surface area contributed by atoms with Crippen LogP contribution in [-0.4, -0.2) is 41.9 Å². The fraction of sp³-hybridized carbons (Fsp3) is 0.643. The zero-order chi connectivity index (χ0) is 12.8. The van der Waals surface area contributed by atoms with Crippen molar-refractivity contribution in [2.75, 3.05) is 24.6 Å². The SMILES string of the molecule is CC[C@H](CO)NC1CCN(c2ccccn2)CC1. The van der Waals surface area contributed by atoms with E-state index in [1.807, 2.05) is 18.3 Å². The Labute approximate surface area is 109 Å². The predicted molar refractivity (Wildman–Crippen MR) is 73.8 cm³/mol. The molecule has 1 fully saturated rings. The first-order chi connectivity index (χ1) is 8.83. The molecule has 1 aromatic rings. The lowest BCUT2D eigenvalue weighted by Crippen LogP contribution is -2.47. The van der Waals surface area contributed by atoms with Gasteiger partial charge in [0.05, 0.1) is 6.61 Å². The van der Waals surface area contributed by atoms with E-state index in [9.17, 15) is 5.11 Å². The van der Waals surface area contributed by atoms with E-state index in [0.29, 0.717) is 6.04 Å². The lowest BCUT2D eigenvalue weighted by molar-refractivity contribution is 0.220. The van der Waals surface area contributed by atoms with Gasteiger partial charge in [-0.15, -0.1) is 0 Å². The molecule has 2 N–H and O–H groups in total. The number of nitrogens with one attached hydrogen (secondary N) is 1. The fourth-order valence-electron chi connectivity index (χ4n) is 2.45. The molecule has 1 aromatic heterocycles. The Morgan fingerprint density at radius 3 is 2.78 bits per heavy atom. The number of piperidine rings is 1. The standard InChI is InChI=1S/C14H23N3O/c1-2-12(11-18)16-13-6-9-17(10-7-13)14-5-3-4-8-15-14/h3-5,8,12-13,16,18H,2,6-7,9-11H2,1H3/t12-/m1/s1. The number of pyridine rings is 1. The van der Waals surface area contributed by atoms with E-state index in [4.69, 9.17) is 0 Å². The van der Waals surface area contributed by atoms with Crippen molar-refractivity contribution in [1.29, 1.82) is 0 Å². The lowest BCUT2D eigenvalue weighted by Gasteiger charge is -2.34. The smallest absolute Gasteiger partial charge is 0.128 e. The van der Waals surface area contributed by atoms with E-state index < -0.39 is 0 Å². The van der Waals surface area contributed by atoms with Gasteiger partial charge in [-0.2, -0.15) is 0 Å². The van der Waals surface area contributed by atoms with E-state index in [0.717, 1.165) is 38.2 Å². The molecular formula is C14H23N3O. The highest BCUT2D eigenvalue weighted by Crippen LogP contribution is 2.17. The Morgan fingerprint density at radius 2 is 2.22 bits per heavy atom. The molecule has 100 valence electrons. The van der Waals surface area contributed by atoms with Crippen LogP contribution in [0.3, 0.4) is 0 Å². The summed E-state index contributed by atoms with van der Waals surface area (Å²) in [4.78, 5) is 6.72. The van der Waals surface area contributed by atoms with Gasteiger partial charge in [-0.25, -0.2) is 4.98 Å². The number of nitrogens with zero attached hydrogens (tertiary/aromatic N) is 2. The molecule has 0 radical (unpaired) electrons. The molecule has 1 atom stereocenters. The monoisotopic (exact) mass is 249 g/mol. The van der Waals surface area contributed by atoms with E-state index in [-0.39, 0.29) is 12.6 Å². The van der Waals surface area contributed by atoms with Crippen molar-refractivity contribution < 1.29 is 5.11 Å². The number of hydrogen-bond donors (Lipinski definition) is 2. The minimum Gasteiger partial charge on any atom is -0.395 e. The normalized spacial score (nSPS) is 18.9. The van der Waals surface area contributed by atoms with Gasteiger partial charge in [0.15, 0.2) is 0 Å². The summed E-state index contributed by atoms with van der Waals surface area (Å²) in [5, 5.41) is 12.7. The van der Waals surface area contributed by atoms with Crippen LogP contribution in [0.4, 0.5) is 5.82 Å². The second-order valence-corrected chi connectivity index (χ2v) is 4.90. The molecule has 0 aromatic carbocycles. The lowest BCUT2D eigenvalue weighted by atomic mass is 10.0. The third kappa shape index (κ3) is 3.43. The van der Waals surface area contributed by atoms with E-state index in [1.54, 1.807) is 0 Å². The molecule has 0 aliphatic carbocycles. The third-order valence-electron chi connectivity index (χ3n) is 3.65. The molecule has 0 saturated carbocycles. The number of aliphatic hydroxyl groups is 1. The first-order valence-corrected chi connectivity index (χ1v) is 6.86. The van der Waals surface area contributed by atoms with Gasteiger partial charge in [-0.1, -0.05) is 13.0 Å². The zero-order valence-electron chi connectivity index (χ0n) is 11.0. The van der Waals surface area contributed by atoms with Crippen LogP contribution in [0, 0.1) is 0 Å². The fourth-order valence-corrected chi connectivity index (χ4v) is 2.45. The molecule has 2 rings (SSSR count). The van der Waals surface area contributed by atoms with Gasteiger partial charge >= 0.3 is 0 Å². The van der Waals surface area contributed by atoms with Crippen LogP contribution in [0.25, 0.3) is 0 Å². The van der Waals surface area contributed by atoms with E-state index in [1.165, 1.54) is 0 Å². The maximum absolute atomic E-state index is 9.20. The Bertz CT molecular complexity index is 332. The molecular weight excluding hydrogens is 226 g/mol. The molecule has 0 spiro atoms. The van der Waals surface area contributed by atoms with Gasteiger partial charge in [0, 0.05) is 31.4 Å². The molecule has 0 unspecified atom stereocenters. The van der Waals surface area contributed by atoms with Crippen LogP contribution in [0.1, 0.15) is 26.2 Å². The summed E-state index contributed by atoms with van der Waals surface area (Å²) in [6.07, 6.45) is 5.07. The van der Waals surface area contributed by atoms with Gasteiger partial charge in [0.1, 0.15) is 5.82 Å². The van der Waals surface area contributed by atoms with Gasteiger partial charge in [-0.3, -0.25) is 0 Å². The summed E-state index contributed by atoms with van der Waals surface area (Å²) in [7, 11) is 0. The number of rotatable bonds is 5. The maximum atomic E-state index is 9.20. The van der Waals surface area contributed by atoms with Crippen LogP contribution >= 0.6 is 0 Å².